The Morgan fingerprint density at radius 3 is 2.29 bits per heavy atom. The van der Waals surface area contributed by atoms with Crippen molar-refractivity contribution in [3.63, 3.8) is 0 Å². The third-order valence-electron chi connectivity index (χ3n) is 3.14. The highest BCUT2D eigenvalue weighted by Crippen LogP contribution is 2.36. The molecule has 0 saturated carbocycles. The average molecular weight is 346 g/mol. The first kappa shape index (κ1) is 20.5. The minimum Gasteiger partial charge on any atom is -0.391 e. The summed E-state index contributed by atoms with van der Waals surface area (Å²) in [6, 6.07) is 2.63. The maximum atomic E-state index is 12.8. The summed E-state index contributed by atoms with van der Waals surface area (Å²) in [5.74, 6) is 0.396. The number of nitrogens with two attached hydrogens (primary N) is 1. The van der Waals surface area contributed by atoms with E-state index in [4.69, 9.17) is 17.3 Å². The van der Waals surface area contributed by atoms with Gasteiger partial charge in [-0.1, -0.05) is 31.5 Å². The molecular formula is C14H20Cl2F3NO. The molecule has 0 aromatic heterocycles. The Balaban J connectivity index is 0.00000400. The highest BCUT2D eigenvalue weighted by molar-refractivity contribution is 6.31. The van der Waals surface area contributed by atoms with E-state index >= 15 is 0 Å². The molecule has 0 heterocycles. The molecule has 0 bridgehead atoms. The Bertz CT molecular complexity index is 452. The third-order valence-corrected chi connectivity index (χ3v) is 3.46. The topological polar surface area (TPSA) is 46.2 Å². The third kappa shape index (κ3) is 6.02. The second-order valence-corrected chi connectivity index (χ2v) is 5.71. The van der Waals surface area contributed by atoms with Gasteiger partial charge in [-0.2, -0.15) is 13.2 Å². The van der Waals surface area contributed by atoms with Gasteiger partial charge in [0.1, 0.15) is 0 Å². The van der Waals surface area contributed by atoms with Gasteiger partial charge in [0.05, 0.1) is 22.7 Å². The lowest BCUT2D eigenvalue weighted by atomic mass is 9.95. The van der Waals surface area contributed by atoms with Gasteiger partial charge < -0.3 is 10.8 Å². The molecule has 0 aliphatic rings. The number of halogens is 5. The van der Waals surface area contributed by atoms with Gasteiger partial charge in [-0.25, -0.2) is 0 Å². The standard InChI is InChI=1S/C14H19ClF3NO.ClH/c1-8(2)3-6-12(20)13(19)9-4-5-11(15)10(7-9)14(16,17)18;/h4-5,7-8,12-13,20H,3,6,19H2,1-2H3;1H/t12-,13+;/m1./s1. The van der Waals surface area contributed by atoms with E-state index in [1.54, 1.807) is 0 Å². The first-order valence-corrected chi connectivity index (χ1v) is 6.81. The molecule has 0 spiro atoms. The van der Waals surface area contributed by atoms with Gasteiger partial charge >= 0.3 is 6.18 Å². The van der Waals surface area contributed by atoms with E-state index in [1.165, 1.54) is 6.07 Å². The number of hydrogen-bond acceptors (Lipinski definition) is 2. The molecule has 2 nitrogen and oxygen atoms in total. The summed E-state index contributed by atoms with van der Waals surface area (Å²) in [5, 5.41) is 9.57. The van der Waals surface area contributed by atoms with Crippen molar-refractivity contribution in [2.75, 3.05) is 0 Å². The summed E-state index contributed by atoms with van der Waals surface area (Å²) >= 11 is 5.54. The number of alkyl halides is 3. The van der Waals surface area contributed by atoms with Crippen LogP contribution in [0.1, 0.15) is 43.9 Å². The maximum absolute atomic E-state index is 12.8. The molecule has 0 saturated heterocycles. The van der Waals surface area contributed by atoms with Crippen molar-refractivity contribution in [1.29, 1.82) is 0 Å². The fraction of sp³-hybridized carbons (Fsp3) is 0.571. The summed E-state index contributed by atoms with van der Waals surface area (Å²) < 4.78 is 38.3. The Morgan fingerprint density at radius 2 is 1.81 bits per heavy atom. The van der Waals surface area contributed by atoms with E-state index < -0.39 is 23.9 Å². The van der Waals surface area contributed by atoms with E-state index in [2.05, 4.69) is 0 Å². The molecule has 0 aliphatic carbocycles. The predicted molar refractivity (Wildman–Crippen MR) is 80.7 cm³/mol. The van der Waals surface area contributed by atoms with Gasteiger partial charge in [-0.15, -0.1) is 12.4 Å². The van der Waals surface area contributed by atoms with E-state index in [0.29, 0.717) is 12.3 Å². The molecule has 0 radical (unpaired) electrons. The molecule has 0 fully saturated rings. The van der Waals surface area contributed by atoms with E-state index in [0.717, 1.165) is 18.6 Å². The van der Waals surface area contributed by atoms with Crippen molar-refractivity contribution in [3.05, 3.63) is 34.3 Å². The summed E-state index contributed by atoms with van der Waals surface area (Å²) in [4.78, 5) is 0. The number of aliphatic hydroxyl groups excluding tert-OH is 1. The molecule has 0 unspecified atom stereocenters. The van der Waals surface area contributed by atoms with Gasteiger partial charge in [-0.3, -0.25) is 0 Å². The van der Waals surface area contributed by atoms with Crippen molar-refractivity contribution in [2.45, 2.75) is 45.0 Å². The van der Waals surface area contributed by atoms with Crippen molar-refractivity contribution in [3.8, 4) is 0 Å². The minimum absolute atomic E-state index is 0. The zero-order valence-corrected chi connectivity index (χ0v) is 13.4. The van der Waals surface area contributed by atoms with E-state index in [1.807, 2.05) is 13.8 Å². The van der Waals surface area contributed by atoms with Gasteiger partial charge in [0, 0.05) is 0 Å². The van der Waals surface area contributed by atoms with Crippen LogP contribution in [-0.2, 0) is 6.18 Å². The summed E-state index contributed by atoms with van der Waals surface area (Å²) in [7, 11) is 0. The Morgan fingerprint density at radius 1 is 1.24 bits per heavy atom. The van der Waals surface area contributed by atoms with Crippen LogP contribution in [0.5, 0.6) is 0 Å². The average Bonchev–Trinajstić information content (AvgIpc) is 2.34. The van der Waals surface area contributed by atoms with Gasteiger partial charge in [0.2, 0.25) is 0 Å². The zero-order chi connectivity index (χ0) is 15.5. The van der Waals surface area contributed by atoms with Gasteiger partial charge in [0.15, 0.2) is 0 Å². The number of hydrogen-bond donors (Lipinski definition) is 2. The van der Waals surface area contributed by atoms with Gasteiger partial charge in [-0.05, 0) is 36.5 Å². The fourth-order valence-corrected chi connectivity index (χ4v) is 2.10. The molecular weight excluding hydrogens is 326 g/mol. The Labute approximate surface area is 133 Å². The lowest BCUT2D eigenvalue weighted by Crippen LogP contribution is -2.27. The van der Waals surface area contributed by atoms with Crippen LogP contribution < -0.4 is 5.73 Å². The molecule has 1 aromatic rings. The van der Waals surface area contributed by atoms with Crippen molar-refractivity contribution in [1.82, 2.24) is 0 Å². The maximum Gasteiger partial charge on any atom is 0.417 e. The van der Waals surface area contributed by atoms with Crippen LogP contribution in [0.15, 0.2) is 18.2 Å². The summed E-state index contributed by atoms with van der Waals surface area (Å²) in [6.45, 7) is 4.00. The second-order valence-electron chi connectivity index (χ2n) is 5.30. The largest absolute Gasteiger partial charge is 0.417 e. The molecule has 0 aliphatic heterocycles. The smallest absolute Gasteiger partial charge is 0.391 e. The molecule has 21 heavy (non-hydrogen) atoms. The SMILES string of the molecule is CC(C)CC[C@@H](O)[C@@H](N)c1ccc(Cl)c(C(F)(F)F)c1.Cl. The first-order chi connectivity index (χ1) is 9.12. The first-order valence-electron chi connectivity index (χ1n) is 6.43. The monoisotopic (exact) mass is 345 g/mol. The molecule has 1 aromatic carbocycles. The summed E-state index contributed by atoms with van der Waals surface area (Å²) in [5.41, 5.74) is 5.13. The highest BCUT2D eigenvalue weighted by atomic mass is 35.5. The molecule has 1 rings (SSSR count). The zero-order valence-electron chi connectivity index (χ0n) is 11.8. The normalized spacial score (nSPS) is 14.7. The van der Waals surface area contributed by atoms with Crippen LogP contribution in [0.2, 0.25) is 5.02 Å². The fourth-order valence-electron chi connectivity index (χ4n) is 1.87. The van der Waals surface area contributed by atoms with E-state index in [9.17, 15) is 18.3 Å². The van der Waals surface area contributed by atoms with Crippen molar-refractivity contribution in [2.24, 2.45) is 11.7 Å². The number of rotatable bonds is 5. The highest BCUT2D eigenvalue weighted by Gasteiger charge is 2.34. The van der Waals surface area contributed by atoms with E-state index in [-0.39, 0.29) is 23.0 Å². The lowest BCUT2D eigenvalue weighted by Gasteiger charge is -2.21. The van der Waals surface area contributed by atoms with Crippen LogP contribution in [-0.4, -0.2) is 11.2 Å². The Kier molecular flexibility index (Phi) is 8.03. The molecule has 122 valence electrons. The van der Waals surface area contributed by atoms with Crippen LogP contribution in [0, 0.1) is 5.92 Å². The van der Waals surface area contributed by atoms with Gasteiger partial charge in [0.25, 0.3) is 0 Å². The molecule has 0 amide bonds. The van der Waals surface area contributed by atoms with Crippen molar-refractivity contribution < 1.29 is 18.3 Å². The Hall–Kier alpha value is -0.490. The second kappa shape index (κ2) is 8.22. The molecule has 3 N–H and O–H groups in total. The minimum atomic E-state index is -4.53. The lowest BCUT2D eigenvalue weighted by molar-refractivity contribution is -0.137. The molecule has 2 atom stereocenters. The van der Waals surface area contributed by atoms with Crippen LogP contribution in [0.3, 0.4) is 0 Å². The predicted octanol–water partition coefficient (Wildman–Crippen LogP) is 4.58. The molecule has 7 heteroatoms. The number of benzene rings is 1. The van der Waals surface area contributed by atoms with Crippen LogP contribution in [0.4, 0.5) is 13.2 Å². The number of aliphatic hydroxyl groups is 1. The van der Waals surface area contributed by atoms with Crippen LogP contribution >= 0.6 is 24.0 Å². The summed E-state index contributed by atoms with van der Waals surface area (Å²) in [6.07, 6.45) is -4.20. The van der Waals surface area contributed by atoms with Crippen LogP contribution in [0.25, 0.3) is 0 Å². The van der Waals surface area contributed by atoms with Crippen molar-refractivity contribution >= 4 is 24.0 Å². The quantitative estimate of drug-likeness (QED) is 0.820.